The highest BCUT2D eigenvalue weighted by molar-refractivity contribution is 5.51. The SMILES string of the molecule is CC(C)NCCCOc1ccc(C#N)cc1[N+](=O)[O-]. The van der Waals surface area contributed by atoms with Crippen LogP contribution in [0.2, 0.25) is 0 Å². The maximum atomic E-state index is 10.9. The average Bonchev–Trinajstić information content (AvgIpc) is 2.38. The van der Waals surface area contributed by atoms with E-state index in [4.69, 9.17) is 10.00 Å². The summed E-state index contributed by atoms with van der Waals surface area (Å²) >= 11 is 0. The zero-order valence-corrected chi connectivity index (χ0v) is 11.0. The minimum Gasteiger partial charge on any atom is -0.487 e. The molecule has 1 aromatic rings. The molecular weight excluding hydrogens is 246 g/mol. The summed E-state index contributed by atoms with van der Waals surface area (Å²) in [5, 5.41) is 22.8. The molecule has 0 aliphatic rings. The van der Waals surface area contributed by atoms with Gasteiger partial charge in [-0.15, -0.1) is 0 Å². The van der Waals surface area contributed by atoms with Gasteiger partial charge in [-0.1, -0.05) is 13.8 Å². The molecule has 0 amide bonds. The normalized spacial score (nSPS) is 10.2. The molecule has 0 aromatic heterocycles. The highest BCUT2D eigenvalue weighted by Crippen LogP contribution is 2.27. The highest BCUT2D eigenvalue weighted by atomic mass is 16.6. The molecule has 0 radical (unpaired) electrons. The van der Waals surface area contributed by atoms with Crippen LogP contribution in [0, 0.1) is 21.4 Å². The number of ether oxygens (including phenoxy) is 1. The van der Waals surface area contributed by atoms with E-state index < -0.39 is 4.92 Å². The van der Waals surface area contributed by atoms with Crippen molar-refractivity contribution < 1.29 is 9.66 Å². The molecule has 0 aliphatic heterocycles. The van der Waals surface area contributed by atoms with E-state index >= 15 is 0 Å². The molecule has 1 N–H and O–H groups in total. The first-order valence-corrected chi connectivity index (χ1v) is 6.09. The van der Waals surface area contributed by atoms with E-state index in [2.05, 4.69) is 5.32 Å². The van der Waals surface area contributed by atoms with Gasteiger partial charge in [-0.3, -0.25) is 10.1 Å². The Hall–Kier alpha value is -2.13. The second-order valence-corrected chi connectivity index (χ2v) is 4.36. The zero-order chi connectivity index (χ0) is 14.3. The number of benzene rings is 1. The molecule has 0 atom stereocenters. The van der Waals surface area contributed by atoms with Crippen molar-refractivity contribution in [1.29, 1.82) is 5.26 Å². The number of hydrogen-bond acceptors (Lipinski definition) is 5. The smallest absolute Gasteiger partial charge is 0.312 e. The van der Waals surface area contributed by atoms with Crippen LogP contribution in [0.1, 0.15) is 25.8 Å². The van der Waals surface area contributed by atoms with Gasteiger partial charge in [-0.05, 0) is 25.1 Å². The fraction of sp³-hybridized carbons (Fsp3) is 0.462. The lowest BCUT2D eigenvalue weighted by Gasteiger charge is -2.09. The van der Waals surface area contributed by atoms with Crippen LogP contribution >= 0.6 is 0 Å². The van der Waals surface area contributed by atoms with Crippen molar-refractivity contribution in [1.82, 2.24) is 5.32 Å². The molecule has 0 unspecified atom stereocenters. The second-order valence-electron chi connectivity index (χ2n) is 4.36. The van der Waals surface area contributed by atoms with Crippen molar-refractivity contribution in [3.63, 3.8) is 0 Å². The predicted molar refractivity (Wildman–Crippen MR) is 71.1 cm³/mol. The first-order valence-electron chi connectivity index (χ1n) is 6.09. The van der Waals surface area contributed by atoms with Gasteiger partial charge in [0.25, 0.3) is 0 Å². The third-order valence-corrected chi connectivity index (χ3v) is 2.42. The molecule has 0 spiro atoms. The van der Waals surface area contributed by atoms with Crippen molar-refractivity contribution in [3.8, 4) is 11.8 Å². The lowest BCUT2D eigenvalue weighted by Crippen LogP contribution is -2.24. The van der Waals surface area contributed by atoms with Gasteiger partial charge in [0.2, 0.25) is 0 Å². The van der Waals surface area contributed by atoms with Crippen LogP contribution in [-0.2, 0) is 0 Å². The van der Waals surface area contributed by atoms with Crippen molar-refractivity contribution in [2.24, 2.45) is 0 Å². The third kappa shape index (κ3) is 4.94. The summed E-state index contributed by atoms with van der Waals surface area (Å²) < 4.78 is 5.39. The summed E-state index contributed by atoms with van der Waals surface area (Å²) in [7, 11) is 0. The summed E-state index contributed by atoms with van der Waals surface area (Å²) in [6.45, 7) is 5.28. The van der Waals surface area contributed by atoms with Gasteiger partial charge in [0, 0.05) is 12.1 Å². The molecule has 1 rings (SSSR count). The highest BCUT2D eigenvalue weighted by Gasteiger charge is 2.15. The van der Waals surface area contributed by atoms with Crippen molar-refractivity contribution in [2.75, 3.05) is 13.2 Å². The Labute approximate surface area is 112 Å². The quantitative estimate of drug-likeness (QED) is 0.463. The Morgan fingerprint density at radius 2 is 2.26 bits per heavy atom. The first-order chi connectivity index (χ1) is 9.04. The predicted octanol–water partition coefficient (Wildman–Crippen LogP) is 2.23. The van der Waals surface area contributed by atoms with Gasteiger partial charge in [0.15, 0.2) is 5.75 Å². The van der Waals surface area contributed by atoms with E-state index in [9.17, 15) is 10.1 Å². The van der Waals surface area contributed by atoms with Gasteiger partial charge in [0.1, 0.15) is 0 Å². The van der Waals surface area contributed by atoms with Crippen LogP contribution in [-0.4, -0.2) is 24.1 Å². The number of hydrogen-bond donors (Lipinski definition) is 1. The van der Waals surface area contributed by atoms with Crippen molar-refractivity contribution in [2.45, 2.75) is 26.3 Å². The van der Waals surface area contributed by atoms with E-state index in [0.717, 1.165) is 13.0 Å². The Bertz CT molecular complexity index is 481. The van der Waals surface area contributed by atoms with Crippen molar-refractivity contribution in [3.05, 3.63) is 33.9 Å². The molecule has 0 aliphatic carbocycles. The van der Waals surface area contributed by atoms with Crippen LogP contribution in [0.4, 0.5) is 5.69 Å². The molecule has 1 aromatic carbocycles. The lowest BCUT2D eigenvalue weighted by molar-refractivity contribution is -0.385. The average molecular weight is 263 g/mol. The van der Waals surface area contributed by atoms with Gasteiger partial charge < -0.3 is 10.1 Å². The van der Waals surface area contributed by atoms with Gasteiger partial charge >= 0.3 is 5.69 Å². The topological polar surface area (TPSA) is 88.2 Å². The largest absolute Gasteiger partial charge is 0.487 e. The Morgan fingerprint density at radius 3 is 2.84 bits per heavy atom. The molecule has 0 heterocycles. The second kappa shape index (κ2) is 7.34. The van der Waals surface area contributed by atoms with Crippen LogP contribution < -0.4 is 10.1 Å². The number of nitrogens with zero attached hydrogens (tertiary/aromatic N) is 2. The summed E-state index contributed by atoms with van der Waals surface area (Å²) in [6.07, 6.45) is 0.759. The third-order valence-electron chi connectivity index (χ3n) is 2.42. The van der Waals surface area contributed by atoms with E-state index in [1.165, 1.54) is 18.2 Å². The Morgan fingerprint density at radius 1 is 1.53 bits per heavy atom. The standard InChI is InChI=1S/C13H17N3O3/c1-10(2)15-6-3-7-19-13-5-4-11(9-14)8-12(13)16(17)18/h4-5,8,10,15H,3,6-7H2,1-2H3. The van der Waals surface area contributed by atoms with E-state index in [-0.39, 0.29) is 17.0 Å². The van der Waals surface area contributed by atoms with Crippen molar-refractivity contribution >= 4 is 5.69 Å². The summed E-state index contributed by atoms with van der Waals surface area (Å²) in [5.74, 6) is 0.202. The van der Waals surface area contributed by atoms with E-state index in [0.29, 0.717) is 12.6 Å². The fourth-order valence-electron chi connectivity index (χ4n) is 1.50. The Balaban J connectivity index is 2.58. The summed E-state index contributed by atoms with van der Waals surface area (Å²) in [6, 6.07) is 6.47. The van der Waals surface area contributed by atoms with E-state index in [1.807, 2.05) is 19.9 Å². The lowest BCUT2D eigenvalue weighted by atomic mass is 10.2. The number of nitriles is 1. The minimum atomic E-state index is -0.539. The molecule has 0 saturated heterocycles. The van der Waals surface area contributed by atoms with Crippen LogP contribution in [0.15, 0.2) is 18.2 Å². The van der Waals surface area contributed by atoms with Gasteiger partial charge in [0.05, 0.1) is 23.2 Å². The molecule has 0 saturated carbocycles. The number of rotatable bonds is 7. The number of nitro groups is 1. The number of nitro benzene ring substituents is 1. The first kappa shape index (κ1) is 14.9. The summed E-state index contributed by atoms with van der Waals surface area (Å²) in [5.41, 5.74) is 0.0800. The molecule has 0 fully saturated rings. The van der Waals surface area contributed by atoms with Crippen LogP contribution in [0.5, 0.6) is 5.75 Å². The fourth-order valence-corrected chi connectivity index (χ4v) is 1.50. The monoisotopic (exact) mass is 263 g/mol. The minimum absolute atomic E-state index is 0.170. The maximum absolute atomic E-state index is 10.9. The molecule has 0 bridgehead atoms. The number of nitrogens with one attached hydrogen (secondary N) is 1. The molecule has 6 heteroatoms. The van der Waals surface area contributed by atoms with E-state index in [1.54, 1.807) is 0 Å². The molecule has 102 valence electrons. The summed E-state index contributed by atoms with van der Waals surface area (Å²) in [4.78, 5) is 10.3. The molecule has 6 nitrogen and oxygen atoms in total. The Kier molecular flexibility index (Phi) is 5.76. The van der Waals surface area contributed by atoms with Gasteiger partial charge in [-0.25, -0.2) is 0 Å². The molecule has 19 heavy (non-hydrogen) atoms. The maximum Gasteiger partial charge on any atom is 0.312 e. The van der Waals surface area contributed by atoms with Crippen LogP contribution in [0.25, 0.3) is 0 Å². The van der Waals surface area contributed by atoms with Crippen LogP contribution in [0.3, 0.4) is 0 Å². The molecular formula is C13H17N3O3. The van der Waals surface area contributed by atoms with Gasteiger partial charge in [-0.2, -0.15) is 5.26 Å². The zero-order valence-electron chi connectivity index (χ0n) is 11.0.